The van der Waals surface area contributed by atoms with Crippen molar-refractivity contribution in [3.63, 3.8) is 0 Å². The predicted octanol–water partition coefficient (Wildman–Crippen LogP) is 2.14. The van der Waals surface area contributed by atoms with Crippen LogP contribution in [0, 0.1) is 0 Å². The maximum Gasteiger partial charge on any atom is 0.222 e. The molecule has 0 unspecified atom stereocenters. The van der Waals surface area contributed by atoms with Crippen molar-refractivity contribution in [3.05, 3.63) is 42.0 Å². The summed E-state index contributed by atoms with van der Waals surface area (Å²) in [4.78, 5) is 13.6. The molecule has 7 heteroatoms. The van der Waals surface area contributed by atoms with Crippen LogP contribution in [0.25, 0.3) is 11.1 Å². The third-order valence-electron chi connectivity index (χ3n) is 4.30. The minimum Gasteiger partial charge on any atom is -0.872 e. The van der Waals surface area contributed by atoms with Crippen LogP contribution in [0.2, 0.25) is 0 Å². The molecular formula is C18H19N2O5-. The Morgan fingerprint density at radius 2 is 2.08 bits per heavy atom. The lowest BCUT2D eigenvalue weighted by molar-refractivity contribution is -0.267. The number of carbonyl (C=O) groups is 1. The summed E-state index contributed by atoms with van der Waals surface area (Å²) in [6, 6.07) is 9.38. The van der Waals surface area contributed by atoms with Crippen LogP contribution in [0.5, 0.6) is 11.5 Å². The topological polar surface area (TPSA) is 96.3 Å². The fraction of sp³-hybridized carbons (Fsp3) is 0.278. The maximum absolute atomic E-state index is 12.4. The van der Waals surface area contributed by atoms with Gasteiger partial charge in [-0.15, -0.1) is 5.23 Å². The van der Waals surface area contributed by atoms with E-state index in [1.165, 1.54) is 25.3 Å². The number of methoxy groups -OCH3 is 1. The van der Waals surface area contributed by atoms with Gasteiger partial charge in [0.05, 0.1) is 12.8 Å². The largest absolute Gasteiger partial charge is 0.872 e. The van der Waals surface area contributed by atoms with E-state index in [2.05, 4.69) is 0 Å². The van der Waals surface area contributed by atoms with Crippen LogP contribution >= 0.6 is 0 Å². The highest BCUT2D eigenvalue weighted by atomic mass is 16.8. The van der Waals surface area contributed by atoms with Crippen LogP contribution in [-0.4, -0.2) is 34.9 Å². The Morgan fingerprint density at radius 1 is 1.28 bits per heavy atom. The monoisotopic (exact) mass is 343 g/mol. The SMILES string of the molecule is COc1c(CN2CCCC2=O)ccc([O-])c1-c1cccc(N(O)O)c1. The van der Waals surface area contributed by atoms with E-state index in [0.29, 0.717) is 36.4 Å². The fourth-order valence-electron chi connectivity index (χ4n) is 3.10. The molecule has 0 spiro atoms. The summed E-state index contributed by atoms with van der Waals surface area (Å²) in [6.07, 6.45) is 1.37. The zero-order chi connectivity index (χ0) is 18.0. The molecule has 2 aromatic rings. The predicted molar refractivity (Wildman–Crippen MR) is 88.6 cm³/mol. The second-order valence-electron chi connectivity index (χ2n) is 5.89. The summed E-state index contributed by atoms with van der Waals surface area (Å²) >= 11 is 0. The number of nitrogens with zero attached hydrogens (tertiary/aromatic N) is 2. The van der Waals surface area contributed by atoms with E-state index < -0.39 is 0 Å². The molecule has 0 saturated carbocycles. The molecule has 2 N–H and O–H groups in total. The molecule has 1 aliphatic rings. The van der Waals surface area contributed by atoms with Crippen LogP contribution in [0.1, 0.15) is 18.4 Å². The molecule has 1 amide bonds. The number of hydrogen-bond donors (Lipinski definition) is 2. The van der Waals surface area contributed by atoms with Crippen LogP contribution in [0.3, 0.4) is 0 Å². The van der Waals surface area contributed by atoms with Crippen LogP contribution in [-0.2, 0) is 11.3 Å². The van der Waals surface area contributed by atoms with Gasteiger partial charge in [-0.25, -0.2) is 0 Å². The Hall–Kier alpha value is -2.77. The molecule has 0 bridgehead atoms. The minimum atomic E-state index is -0.243. The highest BCUT2D eigenvalue weighted by Gasteiger charge is 2.22. The number of likely N-dealkylation sites (tertiary alicyclic amines) is 1. The lowest BCUT2D eigenvalue weighted by Gasteiger charge is -2.23. The first-order valence-corrected chi connectivity index (χ1v) is 7.94. The first-order chi connectivity index (χ1) is 12.0. The Kier molecular flexibility index (Phi) is 4.78. The lowest BCUT2D eigenvalue weighted by atomic mass is 9.99. The van der Waals surface area contributed by atoms with Crippen molar-refractivity contribution in [2.24, 2.45) is 0 Å². The molecule has 0 atom stereocenters. The van der Waals surface area contributed by atoms with Crippen molar-refractivity contribution in [2.75, 3.05) is 18.9 Å². The smallest absolute Gasteiger partial charge is 0.222 e. The van der Waals surface area contributed by atoms with E-state index in [-0.39, 0.29) is 22.6 Å². The van der Waals surface area contributed by atoms with Crippen molar-refractivity contribution >= 4 is 11.6 Å². The van der Waals surface area contributed by atoms with E-state index in [1.807, 2.05) is 0 Å². The summed E-state index contributed by atoms with van der Waals surface area (Å²) in [5.41, 5.74) is 1.69. The first-order valence-electron chi connectivity index (χ1n) is 7.94. The summed E-state index contributed by atoms with van der Waals surface area (Å²) in [6.45, 7) is 1.07. The maximum atomic E-state index is 12.4. The number of benzene rings is 2. The van der Waals surface area contributed by atoms with E-state index >= 15 is 0 Å². The Morgan fingerprint density at radius 3 is 2.72 bits per heavy atom. The quantitative estimate of drug-likeness (QED) is 0.808. The van der Waals surface area contributed by atoms with Crippen molar-refractivity contribution in [1.82, 2.24) is 4.90 Å². The number of rotatable bonds is 5. The average molecular weight is 343 g/mol. The molecule has 1 saturated heterocycles. The van der Waals surface area contributed by atoms with Gasteiger partial charge < -0.3 is 14.7 Å². The average Bonchev–Trinajstić information content (AvgIpc) is 3.01. The lowest BCUT2D eigenvalue weighted by Crippen LogP contribution is -2.24. The highest BCUT2D eigenvalue weighted by molar-refractivity contribution is 5.81. The van der Waals surface area contributed by atoms with Gasteiger partial charge in [0, 0.05) is 30.6 Å². The van der Waals surface area contributed by atoms with Crippen LogP contribution in [0.4, 0.5) is 5.69 Å². The molecule has 1 heterocycles. The molecule has 0 aromatic heterocycles. The molecule has 0 radical (unpaired) electrons. The number of anilines is 1. The van der Waals surface area contributed by atoms with Gasteiger partial charge in [0.15, 0.2) is 0 Å². The van der Waals surface area contributed by atoms with E-state index in [9.17, 15) is 20.3 Å². The number of ether oxygens (including phenoxy) is 1. The summed E-state index contributed by atoms with van der Waals surface area (Å²) in [7, 11) is 1.47. The molecule has 7 nitrogen and oxygen atoms in total. The van der Waals surface area contributed by atoms with Crippen LogP contribution in [0.15, 0.2) is 36.4 Å². The molecule has 25 heavy (non-hydrogen) atoms. The number of amides is 1. The third-order valence-corrected chi connectivity index (χ3v) is 4.30. The second-order valence-corrected chi connectivity index (χ2v) is 5.89. The fourth-order valence-corrected chi connectivity index (χ4v) is 3.10. The van der Waals surface area contributed by atoms with Crippen molar-refractivity contribution in [3.8, 4) is 22.6 Å². The van der Waals surface area contributed by atoms with Gasteiger partial charge in [-0.2, -0.15) is 0 Å². The summed E-state index contributed by atoms with van der Waals surface area (Å²) < 4.78 is 5.48. The van der Waals surface area contributed by atoms with Gasteiger partial charge in [0.2, 0.25) is 5.91 Å². The first kappa shape index (κ1) is 17.1. The molecule has 1 aliphatic heterocycles. The zero-order valence-corrected chi connectivity index (χ0v) is 13.8. The standard InChI is InChI=1S/C18H20N2O5/c1-25-18-13(11-19-9-3-6-16(19)22)7-8-15(21)17(18)12-4-2-5-14(10-12)20(23)24/h2,4-5,7-8,10,21,23-24H,3,6,9,11H2,1H3/p-1. The van der Waals surface area contributed by atoms with E-state index in [0.717, 1.165) is 12.0 Å². The Balaban J connectivity index is 2.05. The minimum absolute atomic E-state index is 0.00674. The molecular weight excluding hydrogens is 324 g/mol. The van der Waals surface area contributed by atoms with Crippen molar-refractivity contribution in [2.45, 2.75) is 19.4 Å². The van der Waals surface area contributed by atoms with Gasteiger partial charge in [-0.1, -0.05) is 30.0 Å². The molecule has 2 aromatic carbocycles. The molecule has 132 valence electrons. The van der Waals surface area contributed by atoms with Gasteiger partial charge >= 0.3 is 0 Å². The normalized spacial score (nSPS) is 14.0. The number of hydrogen-bond acceptors (Lipinski definition) is 6. The molecule has 3 rings (SSSR count). The van der Waals surface area contributed by atoms with Gasteiger partial charge in [0.25, 0.3) is 0 Å². The second kappa shape index (κ2) is 7.00. The highest BCUT2D eigenvalue weighted by Crippen LogP contribution is 2.40. The van der Waals surface area contributed by atoms with Crippen molar-refractivity contribution in [1.29, 1.82) is 0 Å². The number of carbonyl (C=O) groups excluding carboxylic acids is 1. The molecule has 0 aliphatic carbocycles. The Labute approximate surface area is 145 Å². The van der Waals surface area contributed by atoms with Gasteiger partial charge in [-0.3, -0.25) is 15.2 Å². The van der Waals surface area contributed by atoms with Gasteiger partial charge in [-0.05, 0) is 24.1 Å². The zero-order valence-electron chi connectivity index (χ0n) is 13.8. The molecule has 1 fully saturated rings. The Bertz CT molecular complexity index is 791. The third kappa shape index (κ3) is 3.38. The van der Waals surface area contributed by atoms with E-state index in [1.54, 1.807) is 23.1 Å². The summed E-state index contributed by atoms with van der Waals surface area (Å²) in [5.74, 6) is 0.243. The summed E-state index contributed by atoms with van der Waals surface area (Å²) in [5, 5.41) is 30.8. The van der Waals surface area contributed by atoms with Crippen LogP contribution < -0.4 is 15.1 Å². The van der Waals surface area contributed by atoms with E-state index in [4.69, 9.17) is 4.74 Å². The van der Waals surface area contributed by atoms with Crippen molar-refractivity contribution < 1.29 is 25.1 Å². The van der Waals surface area contributed by atoms with Gasteiger partial charge in [0.1, 0.15) is 5.75 Å².